The highest BCUT2D eigenvalue weighted by atomic mass is 79.9. The summed E-state index contributed by atoms with van der Waals surface area (Å²) in [5.74, 6) is 0.397. The Labute approximate surface area is 124 Å². The van der Waals surface area contributed by atoms with E-state index in [1.54, 1.807) is 6.07 Å². The van der Waals surface area contributed by atoms with E-state index in [4.69, 9.17) is 0 Å². The van der Waals surface area contributed by atoms with Crippen molar-refractivity contribution in [1.29, 1.82) is 0 Å². The Morgan fingerprint density at radius 3 is 2.58 bits per heavy atom. The van der Waals surface area contributed by atoms with Gasteiger partial charge in [-0.1, -0.05) is 22.9 Å². The van der Waals surface area contributed by atoms with Crippen molar-refractivity contribution in [2.45, 2.75) is 45.3 Å². The molecular formula is C15H23BrN2O. The zero-order valence-corrected chi connectivity index (χ0v) is 13.4. The van der Waals surface area contributed by atoms with Crippen molar-refractivity contribution in [3.8, 4) is 5.75 Å². The van der Waals surface area contributed by atoms with Crippen LogP contribution in [0.5, 0.6) is 5.75 Å². The van der Waals surface area contributed by atoms with Crippen LogP contribution in [0.2, 0.25) is 0 Å². The lowest BCUT2D eigenvalue weighted by atomic mass is 9.99. The fourth-order valence-corrected chi connectivity index (χ4v) is 3.47. The molecule has 0 bridgehead atoms. The standard InChI is InChI=1S/C15H23BrN2O/c1-4-14(13-7-12(16)5-6-15(13)19)18-8-10(2)17-11(3)9-18/h5-7,10-11,14,17,19H,4,8-9H2,1-3H3. The van der Waals surface area contributed by atoms with Gasteiger partial charge >= 0.3 is 0 Å². The second-order valence-corrected chi connectivity index (χ2v) is 6.47. The largest absolute Gasteiger partial charge is 0.508 e. The molecule has 1 aromatic carbocycles. The summed E-state index contributed by atoms with van der Waals surface area (Å²) >= 11 is 3.50. The summed E-state index contributed by atoms with van der Waals surface area (Å²) in [6.45, 7) is 8.66. The first kappa shape index (κ1) is 14.8. The van der Waals surface area contributed by atoms with Crippen LogP contribution in [0.1, 0.15) is 38.8 Å². The molecule has 1 aromatic rings. The van der Waals surface area contributed by atoms with E-state index in [1.807, 2.05) is 12.1 Å². The monoisotopic (exact) mass is 326 g/mol. The zero-order valence-electron chi connectivity index (χ0n) is 11.9. The van der Waals surface area contributed by atoms with Gasteiger partial charge in [0.2, 0.25) is 0 Å². The maximum Gasteiger partial charge on any atom is 0.120 e. The maximum absolute atomic E-state index is 10.1. The molecule has 1 aliphatic heterocycles. The van der Waals surface area contributed by atoms with Gasteiger partial charge in [-0.05, 0) is 38.5 Å². The average Bonchev–Trinajstić information content (AvgIpc) is 2.33. The molecule has 0 saturated carbocycles. The highest BCUT2D eigenvalue weighted by molar-refractivity contribution is 9.10. The van der Waals surface area contributed by atoms with Gasteiger partial charge in [0.1, 0.15) is 5.75 Å². The second-order valence-electron chi connectivity index (χ2n) is 5.55. The first-order chi connectivity index (χ1) is 9.01. The van der Waals surface area contributed by atoms with Crippen molar-refractivity contribution in [3.05, 3.63) is 28.2 Å². The lowest BCUT2D eigenvalue weighted by molar-refractivity contribution is 0.118. The van der Waals surface area contributed by atoms with Gasteiger partial charge in [0.15, 0.2) is 0 Å². The second kappa shape index (κ2) is 6.25. The summed E-state index contributed by atoms with van der Waals surface area (Å²) in [6, 6.07) is 6.97. The first-order valence-electron chi connectivity index (χ1n) is 6.99. The molecule has 0 aliphatic carbocycles. The minimum Gasteiger partial charge on any atom is -0.508 e. The van der Waals surface area contributed by atoms with Gasteiger partial charge in [-0.3, -0.25) is 4.90 Å². The third kappa shape index (κ3) is 3.50. The van der Waals surface area contributed by atoms with Crippen LogP contribution >= 0.6 is 15.9 Å². The minimum absolute atomic E-state index is 0.282. The fourth-order valence-electron chi connectivity index (χ4n) is 3.09. The van der Waals surface area contributed by atoms with Gasteiger partial charge in [-0.25, -0.2) is 0 Å². The van der Waals surface area contributed by atoms with E-state index < -0.39 is 0 Å². The number of nitrogens with zero attached hydrogens (tertiary/aromatic N) is 1. The summed E-state index contributed by atoms with van der Waals surface area (Å²) in [5, 5.41) is 13.7. The van der Waals surface area contributed by atoms with Crippen LogP contribution in [0, 0.1) is 0 Å². The highest BCUT2D eigenvalue weighted by Gasteiger charge is 2.28. The molecular weight excluding hydrogens is 304 g/mol. The molecule has 2 rings (SSSR count). The molecule has 2 N–H and O–H groups in total. The first-order valence-corrected chi connectivity index (χ1v) is 7.79. The molecule has 1 heterocycles. The van der Waals surface area contributed by atoms with E-state index in [9.17, 15) is 5.11 Å². The van der Waals surface area contributed by atoms with Crippen molar-refractivity contribution < 1.29 is 5.11 Å². The predicted octanol–water partition coefficient (Wildman–Crippen LogP) is 3.29. The molecule has 1 aliphatic rings. The van der Waals surface area contributed by atoms with Crippen LogP contribution in [0.15, 0.2) is 22.7 Å². The maximum atomic E-state index is 10.1. The molecule has 0 aromatic heterocycles. The van der Waals surface area contributed by atoms with Crippen molar-refractivity contribution in [2.24, 2.45) is 0 Å². The third-order valence-electron chi connectivity index (χ3n) is 3.76. The Hall–Kier alpha value is -0.580. The van der Waals surface area contributed by atoms with Crippen molar-refractivity contribution >= 4 is 15.9 Å². The number of phenols is 1. The molecule has 0 spiro atoms. The van der Waals surface area contributed by atoms with Gasteiger partial charge in [0.25, 0.3) is 0 Å². The third-order valence-corrected chi connectivity index (χ3v) is 4.26. The SMILES string of the molecule is CCC(c1cc(Br)ccc1O)N1CC(C)NC(C)C1. The van der Waals surface area contributed by atoms with Crippen LogP contribution in [0.4, 0.5) is 0 Å². The lowest BCUT2D eigenvalue weighted by Gasteiger charge is -2.41. The van der Waals surface area contributed by atoms with Crippen molar-refractivity contribution in [2.75, 3.05) is 13.1 Å². The van der Waals surface area contributed by atoms with Gasteiger partial charge in [0.05, 0.1) is 0 Å². The minimum atomic E-state index is 0.282. The van der Waals surface area contributed by atoms with Crippen LogP contribution in [-0.2, 0) is 0 Å². The van der Waals surface area contributed by atoms with Crippen molar-refractivity contribution in [3.63, 3.8) is 0 Å². The summed E-state index contributed by atoms with van der Waals surface area (Å²) in [6.07, 6.45) is 1.00. The Kier molecular flexibility index (Phi) is 4.87. The van der Waals surface area contributed by atoms with Gasteiger partial charge < -0.3 is 10.4 Å². The van der Waals surface area contributed by atoms with Crippen LogP contribution in [0.3, 0.4) is 0 Å². The quantitative estimate of drug-likeness (QED) is 0.894. The highest BCUT2D eigenvalue weighted by Crippen LogP contribution is 2.34. The van der Waals surface area contributed by atoms with E-state index in [2.05, 4.69) is 46.9 Å². The van der Waals surface area contributed by atoms with Gasteiger partial charge in [-0.15, -0.1) is 0 Å². The molecule has 19 heavy (non-hydrogen) atoms. The number of halogens is 1. The average molecular weight is 327 g/mol. The molecule has 0 amide bonds. The van der Waals surface area contributed by atoms with Crippen LogP contribution in [-0.4, -0.2) is 35.2 Å². The van der Waals surface area contributed by atoms with Crippen molar-refractivity contribution in [1.82, 2.24) is 10.2 Å². The molecule has 106 valence electrons. The molecule has 0 radical (unpaired) electrons. The number of piperazine rings is 1. The Balaban J connectivity index is 2.26. The van der Waals surface area contributed by atoms with Crippen LogP contribution < -0.4 is 5.32 Å². The summed E-state index contributed by atoms with van der Waals surface area (Å²) in [5.41, 5.74) is 1.03. The van der Waals surface area contributed by atoms with E-state index in [0.717, 1.165) is 29.5 Å². The molecule has 1 saturated heterocycles. The number of hydrogen-bond acceptors (Lipinski definition) is 3. The van der Waals surface area contributed by atoms with E-state index in [1.165, 1.54) is 0 Å². The molecule has 3 nitrogen and oxygen atoms in total. The summed E-state index contributed by atoms with van der Waals surface area (Å²) in [7, 11) is 0. The van der Waals surface area contributed by atoms with Gasteiger partial charge in [0, 0.05) is 41.3 Å². The summed E-state index contributed by atoms with van der Waals surface area (Å²) in [4.78, 5) is 2.48. The van der Waals surface area contributed by atoms with E-state index in [-0.39, 0.29) is 6.04 Å². The smallest absolute Gasteiger partial charge is 0.120 e. The predicted molar refractivity (Wildman–Crippen MR) is 82.5 cm³/mol. The Morgan fingerprint density at radius 2 is 2.00 bits per heavy atom. The van der Waals surface area contributed by atoms with Gasteiger partial charge in [-0.2, -0.15) is 0 Å². The molecule has 3 atom stereocenters. The topological polar surface area (TPSA) is 35.5 Å². The fraction of sp³-hybridized carbons (Fsp3) is 0.600. The Morgan fingerprint density at radius 1 is 1.37 bits per heavy atom. The lowest BCUT2D eigenvalue weighted by Crippen LogP contribution is -2.54. The number of hydrogen-bond donors (Lipinski definition) is 2. The number of nitrogens with one attached hydrogen (secondary N) is 1. The Bertz CT molecular complexity index is 428. The zero-order chi connectivity index (χ0) is 14.0. The van der Waals surface area contributed by atoms with Crippen LogP contribution in [0.25, 0.3) is 0 Å². The number of rotatable bonds is 3. The number of benzene rings is 1. The molecule has 3 unspecified atom stereocenters. The molecule has 1 fully saturated rings. The van der Waals surface area contributed by atoms with E-state index in [0.29, 0.717) is 17.8 Å². The normalized spacial score (nSPS) is 26.3. The molecule has 4 heteroatoms. The summed E-state index contributed by atoms with van der Waals surface area (Å²) < 4.78 is 1.02. The number of phenolic OH excluding ortho intramolecular Hbond substituents is 1. The van der Waals surface area contributed by atoms with E-state index >= 15 is 0 Å². The number of aromatic hydroxyl groups is 1.